The predicted octanol–water partition coefficient (Wildman–Crippen LogP) is 3.86. The molecule has 2 rings (SSSR count). The van der Waals surface area contributed by atoms with Gasteiger partial charge in [-0.15, -0.1) is 0 Å². The first kappa shape index (κ1) is 8.73. The molecule has 0 amide bonds. The molecule has 0 fully saturated rings. The first-order chi connectivity index (χ1) is 6.16. The summed E-state index contributed by atoms with van der Waals surface area (Å²) in [5.41, 5.74) is 2.17. The van der Waals surface area contributed by atoms with E-state index in [0.717, 1.165) is 20.6 Å². The van der Waals surface area contributed by atoms with Gasteiger partial charge >= 0.3 is 0 Å². The third-order valence-corrected chi connectivity index (χ3v) is 2.47. The Morgan fingerprint density at radius 2 is 2.08 bits per heavy atom. The van der Waals surface area contributed by atoms with Crippen LogP contribution < -0.4 is 0 Å². The minimum absolute atomic E-state index is 0.726. The van der Waals surface area contributed by atoms with Gasteiger partial charge < -0.3 is 4.98 Å². The average Bonchev–Trinajstić information content (AvgIpc) is 2.02. The number of fused-ring (bicyclic) bond motifs is 1. The van der Waals surface area contributed by atoms with Crippen molar-refractivity contribution in [3.05, 3.63) is 39.5 Å². The lowest BCUT2D eigenvalue weighted by Crippen LogP contribution is -1.83. The number of aromatic amines is 1. The van der Waals surface area contributed by atoms with Crippen molar-refractivity contribution in [1.82, 2.24) is 4.98 Å². The van der Waals surface area contributed by atoms with E-state index in [9.17, 15) is 0 Å². The Hall–Kier alpha value is -0.860. The Kier molecular flexibility index (Phi) is 2.10. The largest absolute Gasteiger partial charge is 0.346 e. The van der Waals surface area contributed by atoms with Gasteiger partial charge in [-0.1, -0.05) is 29.9 Å². The Morgan fingerprint density at radius 1 is 1.31 bits per heavy atom. The summed E-state index contributed by atoms with van der Waals surface area (Å²) in [6.45, 7) is 2.04. The van der Waals surface area contributed by atoms with E-state index in [0.29, 0.717) is 0 Å². The quantitative estimate of drug-likeness (QED) is 0.652. The van der Waals surface area contributed by atoms with Crippen molar-refractivity contribution >= 4 is 34.7 Å². The molecule has 0 saturated heterocycles. The fourth-order valence-corrected chi connectivity index (χ4v) is 1.87. The standard InChI is InChI=1S/C10H8ClNS/c1-6-4-10(13)12-9-5-7(11)2-3-8(6)9/h2-5H,1H3,(H,12,13). The Labute approximate surface area is 86.4 Å². The fourth-order valence-electron chi connectivity index (χ4n) is 1.41. The van der Waals surface area contributed by atoms with E-state index in [4.69, 9.17) is 23.8 Å². The molecule has 2 aromatic rings. The van der Waals surface area contributed by atoms with Crippen molar-refractivity contribution in [2.45, 2.75) is 6.92 Å². The van der Waals surface area contributed by atoms with Gasteiger partial charge in [0, 0.05) is 15.9 Å². The second-order valence-electron chi connectivity index (χ2n) is 3.01. The molecule has 0 radical (unpaired) electrons. The normalized spacial score (nSPS) is 10.6. The molecule has 3 heteroatoms. The van der Waals surface area contributed by atoms with E-state index < -0.39 is 0 Å². The lowest BCUT2D eigenvalue weighted by Gasteiger charge is -2.01. The number of H-pyrrole nitrogens is 1. The zero-order valence-corrected chi connectivity index (χ0v) is 8.67. The van der Waals surface area contributed by atoms with Crippen LogP contribution >= 0.6 is 23.8 Å². The summed E-state index contributed by atoms with van der Waals surface area (Å²) in [4.78, 5) is 3.10. The maximum absolute atomic E-state index is 5.87. The molecule has 0 aliphatic rings. The SMILES string of the molecule is Cc1cc(=S)[nH]c2cc(Cl)ccc12. The van der Waals surface area contributed by atoms with Gasteiger partial charge in [-0.25, -0.2) is 0 Å². The summed E-state index contributed by atoms with van der Waals surface area (Å²) in [5, 5.41) is 1.89. The van der Waals surface area contributed by atoms with Crippen molar-refractivity contribution in [1.29, 1.82) is 0 Å². The molecule has 0 atom stereocenters. The van der Waals surface area contributed by atoms with Crippen LogP contribution in [0, 0.1) is 11.6 Å². The molecular formula is C10H8ClNS. The summed E-state index contributed by atoms with van der Waals surface area (Å²) in [5.74, 6) is 0. The van der Waals surface area contributed by atoms with Crippen LogP contribution in [-0.4, -0.2) is 4.98 Å². The molecule has 1 N–H and O–H groups in total. The topological polar surface area (TPSA) is 15.8 Å². The second-order valence-corrected chi connectivity index (χ2v) is 3.88. The van der Waals surface area contributed by atoms with Gasteiger partial charge in [0.2, 0.25) is 0 Å². The number of benzene rings is 1. The minimum Gasteiger partial charge on any atom is -0.346 e. The van der Waals surface area contributed by atoms with Crippen LogP contribution in [0.1, 0.15) is 5.56 Å². The van der Waals surface area contributed by atoms with Gasteiger partial charge in [0.15, 0.2) is 0 Å². The van der Waals surface area contributed by atoms with Gasteiger partial charge in [-0.05, 0) is 30.7 Å². The van der Waals surface area contributed by atoms with Gasteiger partial charge in [0.25, 0.3) is 0 Å². The molecule has 0 spiro atoms. The van der Waals surface area contributed by atoms with Gasteiger partial charge in [0.1, 0.15) is 4.64 Å². The maximum Gasteiger partial charge on any atom is 0.103 e. The van der Waals surface area contributed by atoms with Crippen LogP contribution in [0.25, 0.3) is 10.9 Å². The molecule has 13 heavy (non-hydrogen) atoms. The van der Waals surface area contributed by atoms with Crippen molar-refractivity contribution in [3.63, 3.8) is 0 Å². The molecule has 0 bridgehead atoms. The number of hydrogen-bond donors (Lipinski definition) is 1. The molecule has 66 valence electrons. The first-order valence-electron chi connectivity index (χ1n) is 3.96. The number of aryl methyl sites for hydroxylation is 1. The highest BCUT2D eigenvalue weighted by Crippen LogP contribution is 2.20. The van der Waals surface area contributed by atoms with E-state index in [-0.39, 0.29) is 0 Å². The van der Waals surface area contributed by atoms with E-state index >= 15 is 0 Å². The number of aromatic nitrogens is 1. The number of pyridine rings is 1. The van der Waals surface area contributed by atoms with Crippen LogP contribution in [-0.2, 0) is 0 Å². The highest BCUT2D eigenvalue weighted by atomic mass is 35.5. The fraction of sp³-hybridized carbons (Fsp3) is 0.100. The van der Waals surface area contributed by atoms with E-state index in [1.165, 1.54) is 5.56 Å². The highest BCUT2D eigenvalue weighted by molar-refractivity contribution is 7.71. The average molecular weight is 210 g/mol. The Bertz CT molecular complexity index is 516. The molecule has 0 unspecified atom stereocenters. The third-order valence-electron chi connectivity index (χ3n) is 2.01. The number of nitrogens with one attached hydrogen (secondary N) is 1. The van der Waals surface area contributed by atoms with Crippen molar-refractivity contribution in [2.24, 2.45) is 0 Å². The maximum atomic E-state index is 5.87. The molecule has 0 aliphatic carbocycles. The van der Waals surface area contributed by atoms with Crippen LogP contribution in [0.3, 0.4) is 0 Å². The summed E-state index contributed by atoms with van der Waals surface area (Å²) < 4.78 is 0.743. The Balaban J connectivity index is 2.94. The van der Waals surface area contributed by atoms with Gasteiger partial charge in [-0.3, -0.25) is 0 Å². The van der Waals surface area contributed by atoms with Crippen molar-refractivity contribution in [2.75, 3.05) is 0 Å². The summed E-state index contributed by atoms with van der Waals surface area (Å²) in [7, 11) is 0. The number of hydrogen-bond acceptors (Lipinski definition) is 1. The molecule has 0 saturated carbocycles. The monoisotopic (exact) mass is 209 g/mol. The first-order valence-corrected chi connectivity index (χ1v) is 4.74. The molecular weight excluding hydrogens is 202 g/mol. The summed E-state index contributed by atoms with van der Waals surface area (Å²) >= 11 is 10.9. The van der Waals surface area contributed by atoms with E-state index in [2.05, 4.69) is 4.98 Å². The number of rotatable bonds is 0. The number of halogens is 1. The van der Waals surface area contributed by atoms with Gasteiger partial charge in [0.05, 0.1) is 0 Å². The van der Waals surface area contributed by atoms with Crippen molar-refractivity contribution in [3.8, 4) is 0 Å². The third kappa shape index (κ3) is 1.60. The van der Waals surface area contributed by atoms with Gasteiger partial charge in [-0.2, -0.15) is 0 Å². The zero-order valence-electron chi connectivity index (χ0n) is 7.10. The van der Waals surface area contributed by atoms with Crippen LogP contribution in [0.5, 0.6) is 0 Å². The zero-order chi connectivity index (χ0) is 9.42. The van der Waals surface area contributed by atoms with E-state index in [1.54, 1.807) is 0 Å². The lowest BCUT2D eigenvalue weighted by molar-refractivity contribution is 1.34. The van der Waals surface area contributed by atoms with Crippen LogP contribution in [0.15, 0.2) is 24.3 Å². The molecule has 1 aromatic carbocycles. The molecule has 1 aromatic heterocycles. The van der Waals surface area contributed by atoms with E-state index in [1.807, 2.05) is 31.2 Å². The van der Waals surface area contributed by atoms with Crippen LogP contribution in [0.2, 0.25) is 5.02 Å². The van der Waals surface area contributed by atoms with Crippen LogP contribution in [0.4, 0.5) is 0 Å². The van der Waals surface area contributed by atoms with Crippen molar-refractivity contribution < 1.29 is 0 Å². The molecule has 0 aliphatic heterocycles. The highest BCUT2D eigenvalue weighted by Gasteiger charge is 1.97. The molecule has 1 nitrogen and oxygen atoms in total. The predicted molar refractivity (Wildman–Crippen MR) is 58.9 cm³/mol. The summed E-state index contributed by atoms with van der Waals surface area (Å²) in [6.07, 6.45) is 0. The molecule has 1 heterocycles. The second kappa shape index (κ2) is 3.13. The Morgan fingerprint density at radius 3 is 2.85 bits per heavy atom. The lowest BCUT2D eigenvalue weighted by atomic mass is 10.1. The summed E-state index contributed by atoms with van der Waals surface area (Å²) in [6, 6.07) is 7.72. The minimum atomic E-state index is 0.726. The smallest absolute Gasteiger partial charge is 0.103 e.